The molecule has 1 heterocycles. The summed E-state index contributed by atoms with van der Waals surface area (Å²) in [5.74, 6) is 2.41. The molecular weight excluding hydrogens is 234 g/mol. The average molecular weight is 261 g/mol. The molecule has 1 aromatic rings. The Morgan fingerprint density at radius 1 is 1.32 bits per heavy atom. The predicted molar refractivity (Wildman–Crippen MR) is 80.8 cm³/mol. The molecule has 0 aromatic heterocycles. The van der Waals surface area contributed by atoms with Crippen LogP contribution in [0.3, 0.4) is 0 Å². The number of nitrogens with one attached hydrogen (secondary N) is 1. The van der Waals surface area contributed by atoms with E-state index in [2.05, 4.69) is 57.3 Å². The minimum atomic E-state index is 0.225. The van der Waals surface area contributed by atoms with Gasteiger partial charge < -0.3 is 10.1 Å². The Balaban J connectivity index is 1.79. The second-order valence-corrected chi connectivity index (χ2v) is 6.85. The summed E-state index contributed by atoms with van der Waals surface area (Å²) in [5.41, 5.74) is 1.63. The molecule has 0 saturated heterocycles. The van der Waals surface area contributed by atoms with Crippen molar-refractivity contribution in [3.63, 3.8) is 0 Å². The van der Waals surface area contributed by atoms with Gasteiger partial charge in [0.05, 0.1) is 6.61 Å². The highest BCUT2D eigenvalue weighted by atomic mass is 16.5. The molecule has 1 aromatic carbocycles. The average Bonchev–Trinajstić information content (AvgIpc) is 2.71. The summed E-state index contributed by atoms with van der Waals surface area (Å²) in [6.45, 7) is 11.0. The van der Waals surface area contributed by atoms with E-state index in [1.165, 1.54) is 18.4 Å². The number of hydrogen-bond acceptors (Lipinski definition) is 2. The SMILES string of the molecule is CC(CCNC(C)(C)C)CC1COc2ccccc21. The van der Waals surface area contributed by atoms with Crippen LogP contribution in [0.15, 0.2) is 24.3 Å². The van der Waals surface area contributed by atoms with Gasteiger partial charge in [0.15, 0.2) is 0 Å². The van der Waals surface area contributed by atoms with Crippen LogP contribution in [-0.4, -0.2) is 18.7 Å². The highest BCUT2D eigenvalue weighted by Crippen LogP contribution is 2.37. The first kappa shape index (κ1) is 14.4. The van der Waals surface area contributed by atoms with E-state index in [1.807, 2.05) is 0 Å². The van der Waals surface area contributed by atoms with E-state index in [4.69, 9.17) is 4.74 Å². The van der Waals surface area contributed by atoms with Crippen molar-refractivity contribution in [3.05, 3.63) is 29.8 Å². The molecule has 0 aliphatic carbocycles. The van der Waals surface area contributed by atoms with Gasteiger partial charge in [-0.05, 0) is 52.1 Å². The zero-order chi connectivity index (χ0) is 13.9. The smallest absolute Gasteiger partial charge is 0.122 e. The number of ether oxygens (including phenoxy) is 1. The molecule has 1 aliphatic rings. The van der Waals surface area contributed by atoms with Crippen LogP contribution >= 0.6 is 0 Å². The van der Waals surface area contributed by atoms with E-state index in [-0.39, 0.29) is 5.54 Å². The molecule has 2 rings (SSSR count). The van der Waals surface area contributed by atoms with Gasteiger partial charge in [-0.15, -0.1) is 0 Å². The van der Waals surface area contributed by atoms with E-state index in [1.54, 1.807) is 0 Å². The first-order chi connectivity index (χ1) is 8.96. The first-order valence-electron chi connectivity index (χ1n) is 7.42. The van der Waals surface area contributed by atoms with Gasteiger partial charge in [-0.2, -0.15) is 0 Å². The van der Waals surface area contributed by atoms with Crippen molar-refractivity contribution in [1.82, 2.24) is 5.32 Å². The molecule has 106 valence electrons. The Hall–Kier alpha value is -1.02. The van der Waals surface area contributed by atoms with Crippen LogP contribution in [-0.2, 0) is 0 Å². The molecule has 1 N–H and O–H groups in total. The van der Waals surface area contributed by atoms with Gasteiger partial charge in [-0.25, -0.2) is 0 Å². The molecule has 0 fully saturated rings. The molecule has 2 heteroatoms. The third kappa shape index (κ3) is 4.24. The van der Waals surface area contributed by atoms with Crippen molar-refractivity contribution in [1.29, 1.82) is 0 Å². The molecule has 19 heavy (non-hydrogen) atoms. The Morgan fingerprint density at radius 2 is 2.05 bits per heavy atom. The molecule has 0 saturated carbocycles. The standard InChI is InChI=1S/C17H27NO/c1-13(9-10-18-17(2,3)4)11-14-12-19-16-8-6-5-7-15(14)16/h5-8,13-14,18H,9-12H2,1-4H3. The summed E-state index contributed by atoms with van der Waals surface area (Å²) >= 11 is 0. The second kappa shape index (κ2) is 5.96. The number of para-hydroxylation sites is 1. The maximum absolute atomic E-state index is 5.76. The van der Waals surface area contributed by atoms with E-state index >= 15 is 0 Å². The highest BCUT2D eigenvalue weighted by molar-refractivity contribution is 5.39. The van der Waals surface area contributed by atoms with E-state index in [9.17, 15) is 0 Å². The number of fused-ring (bicyclic) bond motifs is 1. The fourth-order valence-electron chi connectivity index (χ4n) is 2.72. The van der Waals surface area contributed by atoms with Crippen LogP contribution in [0.4, 0.5) is 0 Å². The molecule has 2 atom stereocenters. The molecule has 2 nitrogen and oxygen atoms in total. The van der Waals surface area contributed by atoms with Crippen molar-refractivity contribution >= 4 is 0 Å². The molecule has 0 radical (unpaired) electrons. The van der Waals surface area contributed by atoms with Gasteiger partial charge in [-0.3, -0.25) is 0 Å². The summed E-state index contributed by atoms with van der Waals surface area (Å²) in [7, 11) is 0. The molecule has 2 unspecified atom stereocenters. The third-order valence-corrected chi connectivity index (χ3v) is 3.78. The third-order valence-electron chi connectivity index (χ3n) is 3.78. The van der Waals surface area contributed by atoms with Crippen LogP contribution in [0.25, 0.3) is 0 Å². The van der Waals surface area contributed by atoms with Gasteiger partial charge >= 0.3 is 0 Å². The highest BCUT2D eigenvalue weighted by Gasteiger charge is 2.25. The lowest BCUT2D eigenvalue weighted by Crippen LogP contribution is -2.37. The van der Waals surface area contributed by atoms with Gasteiger partial charge in [0.2, 0.25) is 0 Å². The topological polar surface area (TPSA) is 21.3 Å². The lowest BCUT2D eigenvalue weighted by atomic mass is 9.89. The van der Waals surface area contributed by atoms with Crippen molar-refractivity contribution in [2.24, 2.45) is 5.92 Å². The van der Waals surface area contributed by atoms with Gasteiger partial charge in [0.1, 0.15) is 5.75 Å². The normalized spacial score (nSPS) is 19.9. The Kier molecular flexibility index (Phi) is 4.51. The van der Waals surface area contributed by atoms with Crippen LogP contribution in [0, 0.1) is 5.92 Å². The molecular formula is C17H27NO. The molecule has 0 amide bonds. The minimum Gasteiger partial charge on any atom is -0.493 e. The van der Waals surface area contributed by atoms with Crippen LogP contribution in [0.5, 0.6) is 5.75 Å². The minimum absolute atomic E-state index is 0.225. The largest absolute Gasteiger partial charge is 0.493 e. The van der Waals surface area contributed by atoms with E-state index in [0.29, 0.717) is 5.92 Å². The van der Waals surface area contributed by atoms with Crippen molar-refractivity contribution < 1.29 is 4.74 Å². The fourth-order valence-corrected chi connectivity index (χ4v) is 2.72. The molecule has 1 aliphatic heterocycles. The second-order valence-electron chi connectivity index (χ2n) is 6.85. The van der Waals surface area contributed by atoms with Crippen LogP contribution in [0.1, 0.15) is 52.0 Å². The van der Waals surface area contributed by atoms with Crippen LogP contribution < -0.4 is 10.1 Å². The van der Waals surface area contributed by atoms with E-state index < -0.39 is 0 Å². The lowest BCUT2D eigenvalue weighted by molar-refractivity contribution is 0.302. The summed E-state index contributed by atoms with van der Waals surface area (Å²) in [6, 6.07) is 8.47. The summed E-state index contributed by atoms with van der Waals surface area (Å²) < 4.78 is 5.76. The first-order valence-corrected chi connectivity index (χ1v) is 7.42. The van der Waals surface area contributed by atoms with Crippen molar-refractivity contribution in [2.75, 3.05) is 13.2 Å². The van der Waals surface area contributed by atoms with Gasteiger partial charge in [-0.1, -0.05) is 25.1 Å². The van der Waals surface area contributed by atoms with Gasteiger partial charge in [0.25, 0.3) is 0 Å². The molecule has 0 spiro atoms. The molecule has 0 bridgehead atoms. The number of benzene rings is 1. The summed E-state index contributed by atoms with van der Waals surface area (Å²) in [6.07, 6.45) is 2.46. The maximum atomic E-state index is 5.76. The van der Waals surface area contributed by atoms with E-state index in [0.717, 1.165) is 24.8 Å². The monoisotopic (exact) mass is 261 g/mol. The van der Waals surface area contributed by atoms with Gasteiger partial charge in [0, 0.05) is 17.0 Å². The zero-order valence-corrected chi connectivity index (χ0v) is 12.7. The maximum Gasteiger partial charge on any atom is 0.122 e. The van der Waals surface area contributed by atoms with Crippen LogP contribution in [0.2, 0.25) is 0 Å². The van der Waals surface area contributed by atoms with Crippen molar-refractivity contribution in [2.45, 2.75) is 52.0 Å². The summed E-state index contributed by atoms with van der Waals surface area (Å²) in [4.78, 5) is 0. The fraction of sp³-hybridized carbons (Fsp3) is 0.647. The lowest BCUT2D eigenvalue weighted by Gasteiger charge is -2.22. The summed E-state index contributed by atoms with van der Waals surface area (Å²) in [5, 5.41) is 3.57. The Labute approximate surface area is 117 Å². The predicted octanol–water partition coefficient (Wildman–Crippen LogP) is 3.97. The quantitative estimate of drug-likeness (QED) is 0.866. The number of rotatable bonds is 5. The zero-order valence-electron chi connectivity index (χ0n) is 12.7. The number of hydrogen-bond donors (Lipinski definition) is 1. The Morgan fingerprint density at radius 3 is 2.79 bits per heavy atom. The Bertz CT molecular complexity index is 408. The van der Waals surface area contributed by atoms with Crippen molar-refractivity contribution in [3.8, 4) is 5.75 Å².